The molecule has 8 nitrogen and oxygen atoms in total. The van der Waals surface area contributed by atoms with Crippen molar-refractivity contribution in [3.05, 3.63) is 48.5 Å². The number of hydrogen-bond acceptors (Lipinski definition) is 5. The van der Waals surface area contributed by atoms with Crippen LogP contribution in [0.15, 0.2) is 53.4 Å². The molecule has 31 heavy (non-hydrogen) atoms. The number of methoxy groups -OCH3 is 1. The van der Waals surface area contributed by atoms with E-state index in [4.69, 9.17) is 4.74 Å². The zero-order chi connectivity index (χ0) is 22.4. The van der Waals surface area contributed by atoms with Crippen LogP contribution in [0.5, 0.6) is 5.75 Å². The summed E-state index contributed by atoms with van der Waals surface area (Å²) >= 11 is 0. The molecule has 0 aromatic heterocycles. The molecule has 2 aromatic carbocycles. The number of rotatable bonds is 9. The summed E-state index contributed by atoms with van der Waals surface area (Å²) in [6.45, 7) is 2.66. The van der Waals surface area contributed by atoms with Gasteiger partial charge in [0.05, 0.1) is 17.9 Å². The number of carbonyl (C=O) groups excluding carboxylic acids is 2. The topological polar surface area (TPSA) is 105 Å². The fourth-order valence-corrected chi connectivity index (χ4v) is 4.40. The molecule has 0 radical (unpaired) electrons. The Kier molecular flexibility index (Phi) is 7.29. The minimum atomic E-state index is -3.57. The van der Waals surface area contributed by atoms with Gasteiger partial charge in [0.2, 0.25) is 21.8 Å². The second kappa shape index (κ2) is 9.93. The maximum absolute atomic E-state index is 12.7. The van der Waals surface area contributed by atoms with Gasteiger partial charge in [0, 0.05) is 30.9 Å². The lowest BCUT2D eigenvalue weighted by molar-refractivity contribution is -0.122. The summed E-state index contributed by atoms with van der Waals surface area (Å²) in [5, 5.41) is 2.77. The number of nitrogens with one attached hydrogen (secondary N) is 2. The number of carbonyl (C=O) groups is 2. The van der Waals surface area contributed by atoms with E-state index in [1.807, 2.05) is 6.92 Å². The van der Waals surface area contributed by atoms with Crippen molar-refractivity contribution in [2.75, 3.05) is 30.4 Å². The number of anilines is 2. The van der Waals surface area contributed by atoms with Gasteiger partial charge in [-0.25, -0.2) is 13.1 Å². The Balaban J connectivity index is 1.60. The quantitative estimate of drug-likeness (QED) is 0.578. The molecule has 0 spiro atoms. The molecule has 2 aromatic rings. The van der Waals surface area contributed by atoms with Crippen LogP contribution in [0.1, 0.15) is 26.2 Å². The highest BCUT2D eigenvalue weighted by molar-refractivity contribution is 7.89. The lowest BCUT2D eigenvalue weighted by atomic mass is 10.1. The third kappa shape index (κ3) is 5.62. The third-order valence-corrected chi connectivity index (χ3v) is 6.61. The summed E-state index contributed by atoms with van der Waals surface area (Å²) in [5.41, 5.74) is 1.19. The van der Waals surface area contributed by atoms with Gasteiger partial charge in [0.1, 0.15) is 5.75 Å². The van der Waals surface area contributed by atoms with Crippen LogP contribution in [0.2, 0.25) is 0 Å². The summed E-state index contributed by atoms with van der Waals surface area (Å²) in [7, 11) is -2.00. The van der Waals surface area contributed by atoms with E-state index in [9.17, 15) is 18.0 Å². The minimum absolute atomic E-state index is 0.117. The van der Waals surface area contributed by atoms with Gasteiger partial charge in [-0.3, -0.25) is 9.59 Å². The molecule has 2 amide bonds. The zero-order valence-electron chi connectivity index (χ0n) is 17.6. The number of nitrogens with zero attached hydrogens (tertiary/aromatic N) is 1. The van der Waals surface area contributed by atoms with Crippen LogP contribution in [0.25, 0.3) is 0 Å². The van der Waals surface area contributed by atoms with E-state index in [-0.39, 0.29) is 29.7 Å². The Hall–Kier alpha value is -2.91. The highest BCUT2D eigenvalue weighted by atomic mass is 32.2. The Morgan fingerprint density at radius 2 is 1.81 bits per heavy atom. The summed E-state index contributed by atoms with van der Waals surface area (Å²) in [6, 6.07) is 13.1. The van der Waals surface area contributed by atoms with E-state index >= 15 is 0 Å². The molecule has 3 rings (SSSR count). The summed E-state index contributed by atoms with van der Waals surface area (Å²) < 4.78 is 32.2. The molecule has 9 heteroatoms. The monoisotopic (exact) mass is 445 g/mol. The average Bonchev–Trinajstić information content (AvgIpc) is 3.16. The molecule has 2 N–H and O–H groups in total. The normalized spacial score (nSPS) is 16.4. The molecule has 1 aliphatic rings. The van der Waals surface area contributed by atoms with Crippen molar-refractivity contribution in [3.63, 3.8) is 0 Å². The van der Waals surface area contributed by atoms with Crippen LogP contribution in [0.4, 0.5) is 11.4 Å². The highest BCUT2D eigenvalue weighted by Crippen LogP contribution is 2.27. The molecular weight excluding hydrogens is 418 g/mol. The summed E-state index contributed by atoms with van der Waals surface area (Å²) in [6.07, 6.45) is 1.78. The van der Waals surface area contributed by atoms with Crippen molar-refractivity contribution in [2.24, 2.45) is 5.92 Å². The van der Waals surface area contributed by atoms with Crippen molar-refractivity contribution in [1.82, 2.24) is 4.72 Å². The first-order valence-electron chi connectivity index (χ1n) is 10.2. The molecule has 0 unspecified atom stereocenters. The van der Waals surface area contributed by atoms with Crippen LogP contribution in [-0.4, -0.2) is 40.4 Å². The van der Waals surface area contributed by atoms with Crippen molar-refractivity contribution < 1.29 is 22.7 Å². The Morgan fingerprint density at radius 3 is 2.42 bits per heavy atom. The fraction of sp³-hybridized carbons (Fsp3) is 0.364. The van der Waals surface area contributed by atoms with Crippen LogP contribution >= 0.6 is 0 Å². The summed E-state index contributed by atoms with van der Waals surface area (Å²) in [4.78, 5) is 26.8. The first-order valence-corrected chi connectivity index (χ1v) is 11.7. The molecular formula is C22H27N3O5S. The van der Waals surface area contributed by atoms with Gasteiger partial charge >= 0.3 is 0 Å². The first-order chi connectivity index (χ1) is 14.8. The molecule has 1 heterocycles. The van der Waals surface area contributed by atoms with Gasteiger partial charge < -0.3 is 15.0 Å². The number of hydrogen-bond donors (Lipinski definition) is 2. The standard InChI is InChI=1S/C22H27N3O5S/c1-3-4-13-23-31(28,29)20-11-5-17(6-12-20)24-22(27)16-14-21(26)25(15-16)18-7-9-19(30-2)10-8-18/h5-12,16,23H,3-4,13-15H2,1-2H3,(H,24,27)/t16-/m0/s1. The fourth-order valence-electron chi connectivity index (χ4n) is 3.32. The lowest BCUT2D eigenvalue weighted by Gasteiger charge is -2.17. The molecule has 1 saturated heterocycles. The van der Waals surface area contributed by atoms with Gasteiger partial charge in [0.15, 0.2) is 0 Å². The maximum Gasteiger partial charge on any atom is 0.240 e. The van der Waals surface area contributed by atoms with Crippen LogP contribution in [0.3, 0.4) is 0 Å². The van der Waals surface area contributed by atoms with Gasteiger partial charge in [-0.05, 0) is 55.0 Å². The van der Waals surface area contributed by atoms with Crippen molar-refractivity contribution in [2.45, 2.75) is 31.1 Å². The number of ether oxygens (including phenoxy) is 1. The SMILES string of the molecule is CCCCNS(=O)(=O)c1ccc(NC(=O)[C@H]2CC(=O)N(c3ccc(OC)cc3)C2)cc1. The number of unbranched alkanes of at least 4 members (excludes halogenated alkanes) is 1. The van der Waals surface area contributed by atoms with Crippen molar-refractivity contribution >= 4 is 33.2 Å². The second-order valence-corrected chi connectivity index (χ2v) is 9.14. The number of sulfonamides is 1. The summed E-state index contributed by atoms with van der Waals surface area (Å²) in [5.74, 6) is -0.199. The maximum atomic E-state index is 12.7. The second-order valence-electron chi connectivity index (χ2n) is 7.37. The largest absolute Gasteiger partial charge is 0.497 e. The van der Waals surface area contributed by atoms with Gasteiger partial charge in [0.25, 0.3) is 0 Å². The minimum Gasteiger partial charge on any atom is -0.497 e. The molecule has 1 atom stereocenters. The van der Waals surface area contributed by atoms with Gasteiger partial charge in [-0.15, -0.1) is 0 Å². The van der Waals surface area contributed by atoms with E-state index in [0.717, 1.165) is 12.8 Å². The van der Waals surface area contributed by atoms with E-state index < -0.39 is 15.9 Å². The first kappa shape index (κ1) is 22.8. The molecule has 1 fully saturated rings. The van der Waals surface area contributed by atoms with Crippen molar-refractivity contribution in [3.8, 4) is 5.75 Å². The molecule has 166 valence electrons. The third-order valence-electron chi connectivity index (χ3n) is 5.13. The number of amides is 2. The van der Waals surface area contributed by atoms with Crippen LogP contribution < -0.4 is 19.7 Å². The average molecular weight is 446 g/mol. The molecule has 0 aliphatic carbocycles. The highest BCUT2D eigenvalue weighted by Gasteiger charge is 2.35. The van der Waals surface area contributed by atoms with Gasteiger partial charge in [-0.1, -0.05) is 13.3 Å². The Labute approximate surface area is 182 Å². The predicted octanol–water partition coefficient (Wildman–Crippen LogP) is 2.77. The number of benzene rings is 2. The predicted molar refractivity (Wildman–Crippen MR) is 119 cm³/mol. The molecule has 0 bridgehead atoms. The smallest absolute Gasteiger partial charge is 0.240 e. The zero-order valence-corrected chi connectivity index (χ0v) is 18.4. The van der Waals surface area contributed by atoms with Gasteiger partial charge in [-0.2, -0.15) is 0 Å². The Morgan fingerprint density at radius 1 is 1.13 bits per heavy atom. The van der Waals surface area contributed by atoms with E-state index in [2.05, 4.69) is 10.0 Å². The van der Waals surface area contributed by atoms with E-state index in [0.29, 0.717) is 23.7 Å². The lowest BCUT2D eigenvalue weighted by Crippen LogP contribution is -2.28. The van der Waals surface area contributed by atoms with E-state index in [1.165, 1.54) is 12.1 Å². The Bertz CT molecular complexity index is 1020. The molecule has 0 saturated carbocycles. The van der Waals surface area contributed by atoms with E-state index in [1.54, 1.807) is 48.4 Å². The van der Waals surface area contributed by atoms with Crippen LogP contribution in [0, 0.1) is 5.92 Å². The van der Waals surface area contributed by atoms with Crippen molar-refractivity contribution in [1.29, 1.82) is 0 Å². The van der Waals surface area contributed by atoms with Crippen LogP contribution in [-0.2, 0) is 19.6 Å². The molecule has 1 aliphatic heterocycles.